The number of methoxy groups -OCH3 is 1. The highest BCUT2D eigenvalue weighted by Crippen LogP contribution is 2.21. The van der Waals surface area contributed by atoms with Gasteiger partial charge in [-0.15, -0.1) is 11.3 Å². The minimum absolute atomic E-state index is 0.281. The highest BCUT2D eigenvalue weighted by molar-refractivity contribution is 9.11. The lowest BCUT2D eigenvalue weighted by Crippen LogP contribution is -2.25. The van der Waals surface area contributed by atoms with Gasteiger partial charge in [0.05, 0.1) is 9.89 Å². The highest BCUT2D eigenvalue weighted by Gasteiger charge is 2.00. The molecule has 1 aromatic heterocycles. The molecule has 0 radical (unpaired) electrons. The van der Waals surface area contributed by atoms with Crippen molar-refractivity contribution in [2.24, 2.45) is 0 Å². The first-order valence-corrected chi connectivity index (χ1v) is 5.81. The third-order valence-electron chi connectivity index (χ3n) is 1.76. The number of halogens is 1. The van der Waals surface area contributed by atoms with E-state index in [1.165, 1.54) is 8.66 Å². The van der Waals surface area contributed by atoms with Crippen LogP contribution in [0.15, 0.2) is 15.9 Å². The third kappa shape index (κ3) is 4.22. The van der Waals surface area contributed by atoms with Crippen molar-refractivity contribution in [3.05, 3.63) is 20.8 Å². The van der Waals surface area contributed by atoms with Crippen LogP contribution in [0, 0.1) is 0 Å². The molecule has 1 heterocycles. The lowest BCUT2D eigenvalue weighted by Gasteiger charge is -2.09. The van der Waals surface area contributed by atoms with Crippen molar-refractivity contribution < 1.29 is 4.74 Å². The Labute approximate surface area is 91.4 Å². The first kappa shape index (κ1) is 11.2. The van der Waals surface area contributed by atoms with Gasteiger partial charge in [-0.3, -0.25) is 0 Å². The predicted octanol–water partition coefficient (Wildman–Crippen LogP) is 2.64. The monoisotopic (exact) mass is 263 g/mol. The fourth-order valence-electron chi connectivity index (χ4n) is 0.929. The summed E-state index contributed by atoms with van der Waals surface area (Å²) in [5.74, 6) is 0. The molecule has 0 aromatic carbocycles. The minimum Gasteiger partial charge on any atom is -0.380 e. The summed E-state index contributed by atoms with van der Waals surface area (Å²) >= 11 is 5.19. The normalized spacial score (nSPS) is 13.2. The van der Waals surface area contributed by atoms with Crippen LogP contribution in [0.1, 0.15) is 11.8 Å². The van der Waals surface area contributed by atoms with Gasteiger partial charge >= 0.3 is 0 Å². The Balaban J connectivity index is 2.20. The molecule has 1 N–H and O–H groups in total. The van der Waals surface area contributed by atoms with E-state index in [4.69, 9.17) is 4.74 Å². The molecule has 0 saturated heterocycles. The molecular weight excluding hydrogens is 250 g/mol. The lowest BCUT2D eigenvalue weighted by molar-refractivity contribution is 0.117. The molecule has 74 valence electrons. The van der Waals surface area contributed by atoms with E-state index in [9.17, 15) is 0 Å². The molecule has 0 aliphatic heterocycles. The number of thiophene rings is 1. The Hall–Kier alpha value is 0.1000. The molecule has 1 rings (SSSR count). The molecular formula is C9H14BrNOS. The molecule has 0 fully saturated rings. The summed E-state index contributed by atoms with van der Waals surface area (Å²) in [4.78, 5) is 1.34. The second-order valence-electron chi connectivity index (χ2n) is 2.88. The van der Waals surface area contributed by atoms with Gasteiger partial charge in [0.2, 0.25) is 0 Å². The van der Waals surface area contributed by atoms with Crippen molar-refractivity contribution in [2.75, 3.05) is 13.7 Å². The van der Waals surface area contributed by atoms with E-state index < -0.39 is 0 Å². The molecule has 13 heavy (non-hydrogen) atoms. The molecule has 0 aliphatic carbocycles. The van der Waals surface area contributed by atoms with E-state index in [-0.39, 0.29) is 6.10 Å². The Morgan fingerprint density at radius 1 is 1.62 bits per heavy atom. The Morgan fingerprint density at radius 3 is 2.92 bits per heavy atom. The maximum absolute atomic E-state index is 5.12. The summed E-state index contributed by atoms with van der Waals surface area (Å²) < 4.78 is 6.31. The SMILES string of the molecule is COC(C)CNCc1ccc(Br)s1. The Bertz CT molecular complexity index is 252. The Kier molecular flexibility index (Phi) is 4.94. The standard InChI is InChI=1S/C9H14BrNOS/c1-7(12-2)5-11-6-8-3-4-9(10)13-8/h3-4,7,11H,5-6H2,1-2H3. The zero-order valence-electron chi connectivity index (χ0n) is 7.84. The van der Waals surface area contributed by atoms with Gasteiger partial charge in [0.25, 0.3) is 0 Å². The van der Waals surface area contributed by atoms with Crippen LogP contribution in [-0.4, -0.2) is 19.8 Å². The molecule has 1 aromatic rings. The van der Waals surface area contributed by atoms with Gasteiger partial charge in [0.1, 0.15) is 0 Å². The summed E-state index contributed by atoms with van der Waals surface area (Å²) in [7, 11) is 1.73. The number of rotatable bonds is 5. The molecule has 0 aliphatic rings. The molecule has 4 heteroatoms. The molecule has 0 saturated carbocycles. The summed E-state index contributed by atoms with van der Waals surface area (Å²) in [6.07, 6.45) is 0.281. The molecule has 0 bridgehead atoms. The maximum Gasteiger partial charge on any atom is 0.0701 e. The van der Waals surface area contributed by atoms with E-state index in [0.717, 1.165) is 13.1 Å². The number of hydrogen-bond acceptors (Lipinski definition) is 3. The van der Waals surface area contributed by atoms with Gasteiger partial charge in [-0.05, 0) is 35.0 Å². The van der Waals surface area contributed by atoms with Gasteiger partial charge in [-0.2, -0.15) is 0 Å². The van der Waals surface area contributed by atoms with Crippen molar-refractivity contribution in [3.63, 3.8) is 0 Å². The molecule has 0 spiro atoms. The van der Waals surface area contributed by atoms with Gasteiger partial charge in [-0.25, -0.2) is 0 Å². The van der Waals surface area contributed by atoms with Crippen LogP contribution >= 0.6 is 27.3 Å². The third-order valence-corrected chi connectivity index (χ3v) is 3.39. The van der Waals surface area contributed by atoms with Crippen LogP contribution in [0.5, 0.6) is 0 Å². The van der Waals surface area contributed by atoms with E-state index in [1.54, 1.807) is 18.4 Å². The number of hydrogen-bond donors (Lipinski definition) is 1. The van der Waals surface area contributed by atoms with Crippen molar-refractivity contribution in [3.8, 4) is 0 Å². The fraction of sp³-hybridized carbons (Fsp3) is 0.556. The van der Waals surface area contributed by atoms with Crippen LogP contribution in [0.4, 0.5) is 0 Å². The quantitative estimate of drug-likeness (QED) is 0.882. The molecule has 0 amide bonds. The van der Waals surface area contributed by atoms with Gasteiger partial charge in [0, 0.05) is 25.1 Å². The van der Waals surface area contributed by atoms with Gasteiger partial charge < -0.3 is 10.1 Å². The zero-order valence-corrected chi connectivity index (χ0v) is 10.2. The molecule has 1 unspecified atom stereocenters. The van der Waals surface area contributed by atoms with Crippen LogP contribution in [-0.2, 0) is 11.3 Å². The predicted molar refractivity (Wildman–Crippen MR) is 60.2 cm³/mol. The van der Waals surface area contributed by atoms with E-state index in [1.807, 2.05) is 0 Å². The van der Waals surface area contributed by atoms with Gasteiger partial charge in [0.15, 0.2) is 0 Å². The maximum atomic E-state index is 5.12. The van der Waals surface area contributed by atoms with Crippen LogP contribution < -0.4 is 5.32 Å². The topological polar surface area (TPSA) is 21.3 Å². The van der Waals surface area contributed by atoms with Crippen molar-refractivity contribution in [1.29, 1.82) is 0 Å². The van der Waals surface area contributed by atoms with E-state index in [2.05, 4.69) is 40.3 Å². The Morgan fingerprint density at radius 2 is 2.38 bits per heavy atom. The van der Waals surface area contributed by atoms with Crippen LogP contribution in [0.2, 0.25) is 0 Å². The van der Waals surface area contributed by atoms with Gasteiger partial charge in [-0.1, -0.05) is 0 Å². The zero-order chi connectivity index (χ0) is 9.68. The average molecular weight is 264 g/mol. The fourth-order valence-corrected chi connectivity index (χ4v) is 2.38. The minimum atomic E-state index is 0.281. The van der Waals surface area contributed by atoms with E-state index in [0.29, 0.717) is 0 Å². The van der Waals surface area contributed by atoms with Crippen LogP contribution in [0.3, 0.4) is 0 Å². The smallest absolute Gasteiger partial charge is 0.0701 e. The average Bonchev–Trinajstić information content (AvgIpc) is 2.51. The van der Waals surface area contributed by atoms with Crippen molar-refractivity contribution in [1.82, 2.24) is 5.32 Å². The van der Waals surface area contributed by atoms with Crippen molar-refractivity contribution >= 4 is 27.3 Å². The first-order chi connectivity index (χ1) is 6.22. The summed E-state index contributed by atoms with van der Waals surface area (Å²) in [6, 6.07) is 4.20. The summed E-state index contributed by atoms with van der Waals surface area (Å²) in [6.45, 7) is 3.87. The first-order valence-electron chi connectivity index (χ1n) is 4.20. The lowest BCUT2D eigenvalue weighted by atomic mass is 10.4. The second-order valence-corrected chi connectivity index (χ2v) is 5.43. The van der Waals surface area contributed by atoms with Crippen molar-refractivity contribution in [2.45, 2.75) is 19.6 Å². The largest absolute Gasteiger partial charge is 0.380 e. The molecule has 1 atom stereocenters. The highest BCUT2D eigenvalue weighted by atomic mass is 79.9. The number of nitrogens with one attached hydrogen (secondary N) is 1. The molecule has 2 nitrogen and oxygen atoms in total. The summed E-state index contributed by atoms with van der Waals surface area (Å²) in [5, 5.41) is 3.33. The number of ether oxygens (including phenoxy) is 1. The van der Waals surface area contributed by atoms with Crippen LogP contribution in [0.25, 0.3) is 0 Å². The second kappa shape index (κ2) is 5.75. The summed E-state index contributed by atoms with van der Waals surface area (Å²) in [5.41, 5.74) is 0. The van der Waals surface area contributed by atoms with E-state index >= 15 is 0 Å².